The smallest absolute Gasteiger partial charge is 0.346 e. The fourth-order valence-corrected chi connectivity index (χ4v) is 2.66. The molecule has 0 fully saturated rings. The van der Waals surface area contributed by atoms with Crippen LogP contribution in [0.5, 0.6) is 0 Å². The Kier molecular flexibility index (Phi) is 3.73. The number of hydrogen-bond acceptors (Lipinski definition) is 2. The van der Waals surface area contributed by atoms with Gasteiger partial charge in [0.05, 0.1) is 0 Å². The van der Waals surface area contributed by atoms with Crippen molar-refractivity contribution in [3.8, 4) is 0 Å². The summed E-state index contributed by atoms with van der Waals surface area (Å²) in [5, 5.41) is 0.538. The van der Waals surface area contributed by atoms with Crippen molar-refractivity contribution in [2.45, 2.75) is 6.04 Å². The second kappa shape index (κ2) is 5.12. The Hall–Kier alpha value is -1.33. The van der Waals surface area contributed by atoms with Gasteiger partial charge in [0.2, 0.25) is 0 Å². The maximum Gasteiger partial charge on any atom is 0.346 e. The van der Waals surface area contributed by atoms with Crippen LogP contribution in [0.25, 0.3) is 0 Å². The zero-order valence-corrected chi connectivity index (χ0v) is 11.8. The summed E-state index contributed by atoms with van der Waals surface area (Å²) in [6.07, 6.45) is 1.63. The molecule has 18 heavy (non-hydrogen) atoms. The van der Waals surface area contributed by atoms with Crippen molar-refractivity contribution in [3.05, 3.63) is 45.9 Å². The van der Waals surface area contributed by atoms with E-state index in [-0.39, 0.29) is 11.9 Å². The number of urea groups is 1. The minimum atomic E-state index is -0.420. The summed E-state index contributed by atoms with van der Waals surface area (Å²) >= 11 is 9.52. The molecule has 2 rings (SSSR count). The minimum absolute atomic E-state index is 0.256. The van der Waals surface area contributed by atoms with Crippen LogP contribution < -0.4 is 5.73 Å². The first-order chi connectivity index (χ1) is 8.54. The first-order valence-electron chi connectivity index (χ1n) is 5.25. The third-order valence-electron chi connectivity index (χ3n) is 2.65. The van der Waals surface area contributed by atoms with Gasteiger partial charge in [0.25, 0.3) is 0 Å². The fraction of sp³-hybridized carbons (Fsp3) is 0.167. The van der Waals surface area contributed by atoms with Gasteiger partial charge in [-0.15, -0.1) is 6.58 Å². The lowest BCUT2D eigenvalue weighted by Gasteiger charge is -2.24. The molecule has 2 N–H and O–H groups in total. The van der Waals surface area contributed by atoms with Gasteiger partial charge in [0, 0.05) is 21.6 Å². The van der Waals surface area contributed by atoms with Crippen molar-refractivity contribution in [3.63, 3.8) is 0 Å². The highest BCUT2D eigenvalue weighted by molar-refractivity contribution is 9.10. The van der Waals surface area contributed by atoms with E-state index in [1.54, 1.807) is 12.1 Å². The van der Waals surface area contributed by atoms with Gasteiger partial charge < -0.3 is 10.6 Å². The Morgan fingerprint density at radius 2 is 2.33 bits per heavy atom. The first-order valence-corrected chi connectivity index (χ1v) is 6.42. The highest BCUT2D eigenvalue weighted by atomic mass is 79.9. The lowest BCUT2D eigenvalue weighted by Crippen LogP contribution is -2.33. The van der Waals surface area contributed by atoms with Gasteiger partial charge in [0.15, 0.2) is 0 Å². The molecule has 0 aromatic heterocycles. The Morgan fingerprint density at radius 1 is 1.61 bits per heavy atom. The zero-order valence-electron chi connectivity index (χ0n) is 9.44. The predicted molar refractivity (Wildman–Crippen MR) is 75.8 cm³/mol. The number of nitrogens with zero attached hydrogens (tertiary/aromatic N) is 2. The number of nitrogens with two attached hydrogens (primary N) is 1. The summed E-state index contributed by atoms with van der Waals surface area (Å²) in [5.41, 5.74) is 6.57. The molecule has 0 spiro atoms. The molecule has 94 valence electrons. The van der Waals surface area contributed by atoms with Crippen LogP contribution in [0.4, 0.5) is 4.79 Å². The number of aliphatic imine (C=N–C) groups is 1. The van der Waals surface area contributed by atoms with E-state index in [0.29, 0.717) is 11.6 Å². The van der Waals surface area contributed by atoms with Gasteiger partial charge in [-0.3, -0.25) is 0 Å². The van der Waals surface area contributed by atoms with Gasteiger partial charge in [-0.1, -0.05) is 39.7 Å². The molecule has 6 heteroatoms. The van der Waals surface area contributed by atoms with Gasteiger partial charge in [-0.25, -0.2) is 4.79 Å². The molecule has 2 amide bonds. The molecule has 1 aliphatic rings. The maximum absolute atomic E-state index is 11.7. The SMILES string of the molecule is C=CCN1C(=O)N=C(N)C1c1ccc(Br)cc1Cl. The molecule has 1 heterocycles. The Bertz CT molecular complexity index is 544. The van der Waals surface area contributed by atoms with Crippen LogP contribution in [-0.2, 0) is 0 Å². The van der Waals surface area contributed by atoms with Gasteiger partial charge in [-0.2, -0.15) is 4.99 Å². The second-order valence-corrected chi connectivity index (χ2v) is 5.15. The molecule has 1 atom stereocenters. The van der Waals surface area contributed by atoms with Crippen molar-refractivity contribution in [1.82, 2.24) is 4.90 Å². The van der Waals surface area contributed by atoms with E-state index in [4.69, 9.17) is 17.3 Å². The monoisotopic (exact) mass is 327 g/mol. The van der Waals surface area contributed by atoms with Gasteiger partial charge in [0.1, 0.15) is 11.9 Å². The molecule has 4 nitrogen and oxygen atoms in total. The molecule has 0 aliphatic carbocycles. The average molecular weight is 329 g/mol. The summed E-state index contributed by atoms with van der Waals surface area (Å²) in [5.74, 6) is 0.256. The van der Waals surface area contributed by atoms with Crippen molar-refractivity contribution in [2.24, 2.45) is 10.7 Å². The third-order valence-corrected chi connectivity index (χ3v) is 3.47. The summed E-state index contributed by atoms with van der Waals surface area (Å²) < 4.78 is 0.867. The van der Waals surface area contributed by atoms with Crippen LogP contribution in [0, 0.1) is 0 Å². The lowest BCUT2D eigenvalue weighted by atomic mass is 10.1. The van der Waals surface area contributed by atoms with Gasteiger partial charge >= 0.3 is 6.03 Å². The highest BCUT2D eigenvalue weighted by Crippen LogP contribution is 2.33. The Balaban J connectivity index is 2.44. The number of halogens is 2. The van der Waals surface area contributed by atoms with Crippen molar-refractivity contribution in [1.29, 1.82) is 0 Å². The van der Waals surface area contributed by atoms with Crippen LogP contribution in [0.3, 0.4) is 0 Å². The van der Waals surface area contributed by atoms with E-state index in [1.807, 2.05) is 12.1 Å². The van der Waals surface area contributed by atoms with E-state index in [9.17, 15) is 4.79 Å². The number of carbonyl (C=O) groups excluding carboxylic acids is 1. The van der Waals surface area contributed by atoms with Crippen molar-refractivity contribution in [2.75, 3.05) is 6.54 Å². The maximum atomic E-state index is 11.7. The normalized spacial score (nSPS) is 19.0. The Labute approximate surface area is 118 Å². The summed E-state index contributed by atoms with van der Waals surface area (Å²) in [6.45, 7) is 4.00. The molecule has 1 aliphatic heterocycles. The average Bonchev–Trinajstić information content (AvgIpc) is 2.56. The second-order valence-electron chi connectivity index (χ2n) is 3.83. The predicted octanol–water partition coefficient (Wildman–Crippen LogP) is 3.12. The molecule has 0 saturated carbocycles. The standard InChI is InChI=1S/C12H11BrClN3O/c1-2-5-17-10(11(15)16-12(17)18)8-4-3-7(13)6-9(8)14/h2-4,6,10H,1,5H2,(H2,15,16,18). The summed E-state index contributed by atoms with van der Waals surface area (Å²) in [6, 6.07) is 4.66. The van der Waals surface area contributed by atoms with E-state index in [1.165, 1.54) is 4.90 Å². The van der Waals surface area contributed by atoms with Crippen LogP contribution in [0.15, 0.2) is 40.3 Å². The highest BCUT2D eigenvalue weighted by Gasteiger charge is 2.34. The van der Waals surface area contributed by atoms with Crippen molar-refractivity contribution < 1.29 is 4.79 Å². The minimum Gasteiger partial charge on any atom is -0.385 e. The number of benzene rings is 1. The zero-order chi connectivity index (χ0) is 13.3. The molecular weight excluding hydrogens is 318 g/mol. The number of amides is 2. The number of carbonyl (C=O) groups is 1. The molecule has 0 saturated heterocycles. The van der Waals surface area contributed by atoms with Gasteiger partial charge in [-0.05, 0) is 12.1 Å². The van der Waals surface area contributed by atoms with E-state index >= 15 is 0 Å². The number of hydrogen-bond donors (Lipinski definition) is 1. The molecule has 1 aromatic rings. The first kappa shape index (κ1) is 13.1. The van der Waals surface area contributed by atoms with Crippen LogP contribution >= 0.6 is 27.5 Å². The lowest BCUT2D eigenvalue weighted by molar-refractivity contribution is 0.213. The molecule has 1 aromatic carbocycles. The molecular formula is C12H11BrClN3O. The van der Waals surface area contributed by atoms with Crippen LogP contribution in [0.2, 0.25) is 5.02 Å². The van der Waals surface area contributed by atoms with Crippen LogP contribution in [0.1, 0.15) is 11.6 Å². The quantitative estimate of drug-likeness (QED) is 0.867. The van der Waals surface area contributed by atoms with E-state index in [0.717, 1.165) is 10.0 Å². The largest absolute Gasteiger partial charge is 0.385 e. The topological polar surface area (TPSA) is 58.7 Å². The summed E-state index contributed by atoms with van der Waals surface area (Å²) in [4.78, 5) is 17.0. The van der Waals surface area contributed by atoms with Crippen molar-refractivity contribution >= 4 is 39.4 Å². The number of rotatable bonds is 3. The van der Waals surface area contributed by atoms with E-state index < -0.39 is 6.04 Å². The Morgan fingerprint density at radius 3 is 2.94 bits per heavy atom. The molecule has 1 unspecified atom stereocenters. The fourth-order valence-electron chi connectivity index (χ4n) is 1.88. The summed E-state index contributed by atoms with van der Waals surface area (Å²) in [7, 11) is 0. The molecule has 0 radical (unpaired) electrons. The number of amidine groups is 1. The third kappa shape index (κ3) is 2.28. The molecule has 0 bridgehead atoms. The van der Waals surface area contributed by atoms with Crippen LogP contribution in [-0.4, -0.2) is 23.3 Å². The van der Waals surface area contributed by atoms with E-state index in [2.05, 4.69) is 27.5 Å².